The van der Waals surface area contributed by atoms with Gasteiger partial charge >= 0.3 is 0 Å². The van der Waals surface area contributed by atoms with E-state index in [2.05, 4.69) is 0 Å². The molecule has 18 heavy (non-hydrogen) atoms. The van der Waals surface area contributed by atoms with Crippen molar-refractivity contribution >= 4 is 11.8 Å². The number of halogens is 3. The SMILES string of the molecule is N#Cc1cc(F)c(Sc2ccccc2F)c(F)c1. The molecule has 0 unspecified atom stereocenters. The maximum atomic E-state index is 13.6. The van der Waals surface area contributed by atoms with Crippen molar-refractivity contribution in [1.82, 2.24) is 0 Å². The van der Waals surface area contributed by atoms with Crippen molar-refractivity contribution in [2.45, 2.75) is 9.79 Å². The van der Waals surface area contributed by atoms with Crippen LogP contribution in [0, 0.1) is 28.8 Å². The molecule has 0 radical (unpaired) electrons. The van der Waals surface area contributed by atoms with Crippen LogP contribution in [0.1, 0.15) is 5.56 Å². The Morgan fingerprint density at radius 1 is 0.944 bits per heavy atom. The van der Waals surface area contributed by atoms with Crippen LogP contribution in [-0.4, -0.2) is 0 Å². The van der Waals surface area contributed by atoms with Crippen molar-refractivity contribution in [3.05, 3.63) is 59.4 Å². The Labute approximate surface area is 106 Å². The van der Waals surface area contributed by atoms with Crippen LogP contribution in [0.15, 0.2) is 46.2 Å². The Morgan fingerprint density at radius 3 is 2.11 bits per heavy atom. The lowest BCUT2D eigenvalue weighted by Crippen LogP contribution is -1.91. The number of hydrogen-bond acceptors (Lipinski definition) is 2. The van der Waals surface area contributed by atoms with Crippen LogP contribution in [-0.2, 0) is 0 Å². The predicted molar refractivity (Wildman–Crippen MR) is 61.6 cm³/mol. The molecule has 0 heterocycles. The molecular formula is C13H6F3NS. The van der Waals surface area contributed by atoms with Crippen molar-refractivity contribution in [2.75, 3.05) is 0 Å². The topological polar surface area (TPSA) is 23.8 Å². The van der Waals surface area contributed by atoms with E-state index in [4.69, 9.17) is 5.26 Å². The Balaban J connectivity index is 2.42. The van der Waals surface area contributed by atoms with Gasteiger partial charge in [0.1, 0.15) is 17.5 Å². The molecule has 0 bridgehead atoms. The highest BCUT2D eigenvalue weighted by molar-refractivity contribution is 7.99. The molecule has 0 aliphatic heterocycles. The lowest BCUT2D eigenvalue weighted by atomic mass is 10.2. The second-order valence-electron chi connectivity index (χ2n) is 3.41. The molecule has 0 spiro atoms. The molecule has 0 saturated heterocycles. The minimum atomic E-state index is -0.875. The van der Waals surface area contributed by atoms with Crippen LogP contribution in [0.5, 0.6) is 0 Å². The van der Waals surface area contributed by atoms with Crippen molar-refractivity contribution in [1.29, 1.82) is 5.26 Å². The molecule has 2 aromatic rings. The van der Waals surface area contributed by atoms with Gasteiger partial charge in [0, 0.05) is 4.90 Å². The van der Waals surface area contributed by atoms with Gasteiger partial charge in [-0.3, -0.25) is 0 Å². The maximum Gasteiger partial charge on any atom is 0.141 e. The van der Waals surface area contributed by atoms with E-state index in [1.54, 1.807) is 12.1 Å². The lowest BCUT2D eigenvalue weighted by molar-refractivity contribution is 0.539. The molecule has 2 rings (SSSR count). The maximum absolute atomic E-state index is 13.6. The average Bonchev–Trinajstić information content (AvgIpc) is 2.35. The van der Waals surface area contributed by atoms with Gasteiger partial charge in [-0.2, -0.15) is 5.26 Å². The number of benzene rings is 2. The molecule has 0 aromatic heterocycles. The van der Waals surface area contributed by atoms with Crippen LogP contribution in [0.3, 0.4) is 0 Å². The summed E-state index contributed by atoms with van der Waals surface area (Å²) < 4.78 is 40.5. The normalized spacial score (nSPS) is 10.1. The van der Waals surface area contributed by atoms with Crippen LogP contribution in [0.25, 0.3) is 0 Å². The van der Waals surface area contributed by atoms with Crippen LogP contribution < -0.4 is 0 Å². The zero-order chi connectivity index (χ0) is 13.1. The smallest absolute Gasteiger partial charge is 0.141 e. The van der Waals surface area contributed by atoms with Gasteiger partial charge in [-0.05, 0) is 24.3 Å². The Kier molecular flexibility index (Phi) is 3.58. The largest absolute Gasteiger partial charge is 0.206 e. The molecule has 0 atom stereocenters. The van der Waals surface area contributed by atoms with E-state index >= 15 is 0 Å². The molecule has 5 heteroatoms. The second kappa shape index (κ2) is 5.15. The van der Waals surface area contributed by atoms with Gasteiger partial charge < -0.3 is 0 Å². The zero-order valence-corrected chi connectivity index (χ0v) is 9.77. The summed E-state index contributed by atoms with van der Waals surface area (Å²) >= 11 is 0.652. The highest BCUT2D eigenvalue weighted by atomic mass is 32.2. The van der Waals surface area contributed by atoms with Gasteiger partial charge in [0.05, 0.1) is 16.5 Å². The van der Waals surface area contributed by atoms with Gasteiger partial charge in [0.2, 0.25) is 0 Å². The summed E-state index contributed by atoms with van der Waals surface area (Å²) in [6, 6.07) is 9.20. The molecule has 0 aliphatic carbocycles. The number of rotatable bonds is 2. The Bertz CT molecular complexity index is 611. The molecule has 0 N–H and O–H groups in total. The first-order valence-electron chi connectivity index (χ1n) is 4.93. The van der Waals surface area contributed by atoms with E-state index in [0.29, 0.717) is 11.8 Å². The number of hydrogen-bond donors (Lipinski definition) is 0. The van der Waals surface area contributed by atoms with Crippen molar-refractivity contribution in [3.8, 4) is 6.07 Å². The molecule has 2 aromatic carbocycles. The third-order valence-corrected chi connectivity index (χ3v) is 3.32. The summed E-state index contributed by atoms with van der Waals surface area (Å²) in [5.41, 5.74) is -0.108. The molecule has 90 valence electrons. The van der Waals surface area contributed by atoms with Gasteiger partial charge in [0.15, 0.2) is 0 Å². The summed E-state index contributed by atoms with van der Waals surface area (Å²) in [6.45, 7) is 0. The van der Waals surface area contributed by atoms with Crippen LogP contribution in [0.2, 0.25) is 0 Å². The monoisotopic (exact) mass is 265 g/mol. The first-order chi connectivity index (χ1) is 8.61. The van der Waals surface area contributed by atoms with Crippen molar-refractivity contribution in [2.24, 2.45) is 0 Å². The van der Waals surface area contributed by atoms with E-state index < -0.39 is 17.5 Å². The van der Waals surface area contributed by atoms with Gasteiger partial charge in [-0.1, -0.05) is 23.9 Å². The highest BCUT2D eigenvalue weighted by Gasteiger charge is 2.14. The van der Waals surface area contributed by atoms with E-state index in [1.807, 2.05) is 0 Å². The Hall–Kier alpha value is -1.93. The standard InChI is InChI=1S/C13H6F3NS/c14-9-3-1-2-4-12(9)18-13-10(15)5-8(7-17)6-11(13)16/h1-6H. The molecule has 0 aliphatic rings. The van der Waals surface area contributed by atoms with Gasteiger partial charge in [0.25, 0.3) is 0 Å². The van der Waals surface area contributed by atoms with E-state index in [9.17, 15) is 13.2 Å². The summed E-state index contributed by atoms with van der Waals surface area (Å²) in [6.07, 6.45) is 0. The third-order valence-electron chi connectivity index (χ3n) is 2.18. The molecule has 0 fully saturated rings. The van der Waals surface area contributed by atoms with Crippen molar-refractivity contribution < 1.29 is 13.2 Å². The number of nitrogens with zero attached hydrogens (tertiary/aromatic N) is 1. The predicted octanol–water partition coefficient (Wildman–Crippen LogP) is 4.13. The highest BCUT2D eigenvalue weighted by Crippen LogP contribution is 2.33. The second-order valence-corrected chi connectivity index (χ2v) is 4.47. The average molecular weight is 265 g/mol. The quantitative estimate of drug-likeness (QED) is 0.815. The molecule has 1 nitrogen and oxygen atoms in total. The first kappa shape index (κ1) is 12.5. The Morgan fingerprint density at radius 2 is 1.56 bits per heavy atom. The molecule has 0 saturated carbocycles. The number of nitriles is 1. The fourth-order valence-corrected chi connectivity index (χ4v) is 2.20. The zero-order valence-electron chi connectivity index (χ0n) is 8.95. The van der Waals surface area contributed by atoms with E-state index in [0.717, 1.165) is 12.1 Å². The lowest BCUT2D eigenvalue weighted by Gasteiger charge is -2.06. The van der Waals surface area contributed by atoms with Gasteiger partial charge in [-0.25, -0.2) is 13.2 Å². The summed E-state index contributed by atoms with van der Waals surface area (Å²) in [5.74, 6) is -2.30. The van der Waals surface area contributed by atoms with E-state index in [1.165, 1.54) is 18.2 Å². The fraction of sp³-hybridized carbons (Fsp3) is 0. The van der Waals surface area contributed by atoms with E-state index in [-0.39, 0.29) is 15.4 Å². The molecular weight excluding hydrogens is 259 g/mol. The van der Waals surface area contributed by atoms with Crippen LogP contribution >= 0.6 is 11.8 Å². The summed E-state index contributed by atoms with van der Waals surface area (Å²) in [5, 5.41) is 8.56. The minimum absolute atomic E-state index is 0.108. The fourth-order valence-electron chi connectivity index (χ4n) is 1.36. The molecule has 0 amide bonds. The van der Waals surface area contributed by atoms with Crippen LogP contribution in [0.4, 0.5) is 13.2 Å². The first-order valence-corrected chi connectivity index (χ1v) is 5.75. The van der Waals surface area contributed by atoms with Crippen molar-refractivity contribution in [3.63, 3.8) is 0 Å². The third kappa shape index (κ3) is 2.49. The van der Waals surface area contributed by atoms with Gasteiger partial charge in [-0.15, -0.1) is 0 Å². The summed E-state index contributed by atoms with van der Waals surface area (Å²) in [7, 11) is 0. The minimum Gasteiger partial charge on any atom is -0.206 e. The summed E-state index contributed by atoms with van der Waals surface area (Å²) in [4.78, 5) is -0.195.